The van der Waals surface area contributed by atoms with Crippen molar-refractivity contribution in [3.05, 3.63) is 42.0 Å². The second-order valence-corrected chi connectivity index (χ2v) is 5.97. The van der Waals surface area contributed by atoms with Gasteiger partial charge in [-0.05, 0) is 18.2 Å². The van der Waals surface area contributed by atoms with Gasteiger partial charge in [-0.25, -0.2) is 15.0 Å². The van der Waals surface area contributed by atoms with Crippen LogP contribution in [0.15, 0.2) is 30.6 Å². The fourth-order valence-corrected chi connectivity index (χ4v) is 2.05. The number of rotatable bonds is 1. The number of hydrogen-bond acceptors (Lipinski definition) is 4. The van der Waals surface area contributed by atoms with Gasteiger partial charge < -0.3 is 4.98 Å². The molecule has 5 nitrogen and oxygen atoms in total. The van der Waals surface area contributed by atoms with Crippen LogP contribution in [0.1, 0.15) is 32.2 Å². The lowest BCUT2D eigenvalue weighted by Gasteiger charge is -2.15. The summed E-state index contributed by atoms with van der Waals surface area (Å²) in [5.74, 6) is 1.51. The van der Waals surface area contributed by atoms with E-state index in [2.05, 4.69) is 46.8 Å². The molecule has 0 saturated heterocycles. The molecule has 5 heteroatoms. The molecular formula is C16H15N5. The van der Waals surface area contributed by atoms with Crippen molar-refractivity contribution in [2.75, 3.05) is 0 Å². The summed E-state index contributed by atoms with van der Waals surface area (Å²) in [5, 5.41) is 8.92. The van der Waals surface area contributed by atoms with Gasteiger partial charge in [-0.3, -0.25) is 0 Å². The first-order valence-corrected chi connectivity index (χ1v) is 6.70. The van der Waals surface area contributed by atoms with Gasteiger partial charge in [0.2, 0.25) is 0 Å². The van der Waals surface area contributed by atoms with Crippen LogP contribution in [0.4, 0.5) is 0 Å². The summed E-state index contributed by atoms with van der Waals surface area (Å²) < 4.78 is 0. The predicted octanol–water partition coefficient (Wildman–Crippen LogP) is 3.19. The number of aromatic amines is 1. The smallest absolute Gasteiger partial charge is 0.141 e. The number of imidazole rings is 1. The summed E-state index contributed by atoms with van der Waals surface area (Å²) >= 11 is 0. The van der Waals surface area contributed by atoms with E-state index in [0.717, 1.165) is 22.4 Å². The highest BCUT2D eigenvalue weighted by Gasteiger charge is 2.17. The van der Waals surface area contributed by atoms with Gasteiger partial charge in [-0.2, -0.15) is 5.26 Å². The lowest BCUT2D eigenvalue weighted by molar-refractivity contribution is 0.545. The molecule has 0 aliphatic rings. The maximum atomic E-state index is 8.92. The Kier molecular flexibility index (Phi) is 2.95. The van der Waals surface area contributed by atoms with Gasteiger partial charge >= 0.3 is 0 Å². The molecule has 0 saturated carbocycles. The van der Waals surface area contributed by atoms with Crippen molar-refractivity contribution in [3.63, 3.8) is 0 Å². The molecule has 2 aromatic heterocycles. The number of hydrogen-bond donors (Lipinski definition) is 1. The highest BCUT2D eigenvalue weighted by molar-refractivity contribution is 5.80. The summed E-state index contributed by atoms with van der Waals surface area (Å²) in [7, 11) is 0. The molecule has 0 fully saturated rings. The standard InChI is InChI=1S/C16H15N5/c1-16(2,3)15-18-8-11(9-19-15)14-20-12-5-4-10(7-17)6-13(12)21-14/h4-6,8-9H,1-3H3,(H,20,21). The lowest BCUT2D eigenvalue weighted by Crippen LogP contribution is -2.15. The summed E-state index contributed by atoms with van der Waals surface area (Å²) in [5.41, 5.74) is 3.02. The molecular weight excluding hydrogens is 262 g/mol. The number of nitrogens with one attached hydrogen (secondary N) is 1. The van der Waals surface area contributed by atoms with Crippen molar-refractivity contribution < 1.29 is 0 Å². The SMILES string of the molecule is CC(C)(C)c1ncc(-c2nc3ccc(C#N)cc3[nH]2)cn1. The number of nitrogens with zero attached hydrogens (tertiary/aromatic N) is 4. The van der Waals surface area contributed by atoms with Crippen LogP contribution in [0.3, 0.4) is 0 Å². The Bertz CT molecular complexity index is 832. The minimum Gasteiger partial charge on any atom is -0.338 e. The van der Waals surface area contributed by atoms with Crippen molar-refractivity contribution in [1.82, 2.24) is 19.9 Å². The molecule has 3 rings (SSSR count). The van der Waals surface area contributed by atoms with Crippen LogP contribution in [0.5, 0.6) is 0 Å². The summed E-state index contributed by atoms with van der Waals surface area (Å²) in [4.78, 5) is 16.5. The number of fused-ring (bicyclic) bond motifs is 1. The second kappa shape index (κ2) is 4.67. The van der Waals surface area contributed by atoms with Gasteiger partial charge in [0.15, 0.2) is 0 Å². The first kappa shape index (κ1) is 13.3. The van der Waals surface area contributed by atoms with E-state index < -0.39 is 0 Å². The fourth-order valence-electron chi connectivity index (χ4n) is 2.05. The van der Waals surface area contributed by atoms with E-state index in [-0.39, 0.29) is 5.41 Å². The molecule has 21 heavy (non-hydrogen) atoms. The largest absolute Gasteiger partial charge is 0.338 e. The first-order valence-electron chi connectivity index (χ1n) is 6.70. The highest BCUT2D eigenvalue weighted by atomic mass is 14.9. The summed E-state index contributed by atoms with van der Waals surface area (Å²) in [6, 6.07) is 7.50. The van der Waals surface area contributed by atoms with Crippen molar-refractivity contribution in [2.24, 2.45) is 0 Å². The average molecular weight is 277 g/mol. The van der Waals surface area contributed by atoms with E-state index in [9.17, 15) is 0 Å². The Labute approximate surface area is 122 Å². The van der Waals surface area contributed by atoms with Crippen molar-refractivity contribution >= 4 is 11.0 Å². The molecule has 0 spiro atoms. The third-order valence-electron chi connectivity index (χ3n) is 3.21. The minimum absolute atomic E-state index is 0.0753. The summed E-state index contributed by atoms with van der Waals surface area (Å²) in [6.45, 7) is 6.23. The molecule has 0 atom stereocenters. The Hall–Kier alpha value is -2.74. The van der Waals surface area contributed by atoms with Crippen molar-refractivity contribution in [1.29, 1.82) is 5.26 Å². The Balaban J connectivity index is 2.02. The molecule has 1 aromatic carbocycles. The lowest BCUT2D eigenvalue weighted by atomic mass is 9.96. The van der Waals surface area contributed by atoms with Crippen LogP contribution in [0.25, 0.3) is 22.4 Å². The molecule has 0 unspecified atom stereocenters. The number of benzene rings is 1. The van der Waals surface area contributed by atoms with Gasteiger partial charge in [-0.15, -0.1) is 0 Å². The summed E-state index contributed by atoms with van der Waals surface area (Å²) in [6.07, 6.45) is 3.55. The highest BCUT2D eigenvalue weighted by Crippen LogP contribution is 2.22. The van der Waals surface area contributed by atoms with Crippen LogP contribution in [0.2, 0.25) is 0 Å². The molecule has 104 valence electrons. The zero-order valence-electron chi connectivity index (χ0n) is 12.2. The van der Waals surface area contributed by atoms with E-state index >= 15 is 0 Å². The second-order valence-electron chi connectivity index (χ2n) is 5.97. The van der Waals surface area contributed by atoms with Crippen LogP contribution >= 0.6 is 0 Å². The van der Waals surface area contributed by atoms with Crippen LogP contribution in [-0.2, 0) is 5.41 Å². The number of nitriles is 1. The predicted molar refractivity (Wildman–Crippen MR) is 80.5 cm³/mol. The van der Waals surface area contributed by atoms with E-state index in [0.29, 0.717) is 11.4 Å². The molecule has 0 amide bonds. The van der Waals surface area contributed by atoms with Crippen LogP contribution in [0, 0.1) is 11.3 Å². The molecule has 2 heterocycles. The van der Waals surface area contributed by atoms with E-state index in [4.69, 9.17) is 5.26 Å². The fraction of sp³-hybridized carbons (Fsp3) is 0.250. The maximum Gasteiger partial charge on any atom is 0.141 e. The first-order chi connectivity index (χ1) is 9.97. The van der Waals surface area contributed by atoms with Gasteiger partial charge in [0, 0.05) is 17.8 Å². The molecule has 0 bridgehead atoms. The minimum atomic E-state index is -0.0753. The molecule has 0 radical (unpaired) electrons. The third-order valence-corrected chi connectivity index (χ3v) is 3.21. The van der Waals surface area contributed by atoms with Gasteiger partial charge in [0.25, 0.3) is 0 Å². The molecule has 1 N–H and O–H groups in total. The molecule has 0 aliphatic carbocycles. The van der Waals surface area contributed by atoms with E-state index in [1.54, 1.807) is 24.5 Å². The quantitative estimate of drug-likeness (QED) is 0.741. The number of aromatic nitrogens is 4. The third kappa shape index (κ3) is 2.48. The maximum absolute atomic E-state index is 8.92. The molecule has 0 aliphatic heterocycles. The normalized spacial score (nSPS) is 11.5. The zero-order valence-corrected chi connectivity index (χ0v) is 12.2. The average Bonchev–Trinajstić information content (AvgIpc) is 2.89. The Morgan fingerprint density at radius 2 is 1.86 bits per heavy atom. The topological polar surface area (TPSA) is 78.2 Å². The Morgan fingerprint density at radius 1 is 1.14 bits per heavy atom. The van der Waals surface area contributed by atoms with Crippen molar-refractivity contribution in [3.8, 4) is 17.5 Å². The number of H-pyrrole nitrogens is 1. The monoisotopic (exact) mass is 277 g/mol. The van der Waals surface area contributed by atoms with Crippen LogP contribution in [-0.4, -0.2) is 19.9 Å². The van der Waals surface area contributed by atoms with Gasteiger partial charge in [-0.1, -0.05) is 20.8 Å². The van der Waals surface area contributed by atoms with Crippen LogP contribution < -0.4 is 0 Å². The zero-order chi connectivity index (χ0) is 15.0. The van der Waals surface area contributed by atoms with Gasteiger partial charge in [0.1, 0.15) is 11.6 Å². The molecule has 3 aromatic rings. The van der Waals surface area contributed by atoms with E-state index in [1.807, 2.05) is 6.07 Å². The van der Waals surface area contributed by atoms with Crippen molar-refractivity contribution in [2.45, 2.75) is 26.2 Å². The van der Waals surface area contributed by atoms with Gasteiger partial charge in [0.05, 0.1) is 28.2 Å². The Morgan fingerprint density at radius 3 is 2.48 bits per heavy atom. The van der Waals surface area contributed by atoms with E-state index in [1.165, 1.54) is 0 Å².